The average molecular weight is 178 g/mol. The van der Waals surface area contributed by atoms with Gasteiger partial charge in [0.15, 0.2) is 0 Å². The Labute approximate surface area is 69.9 Å². The minimum atomic E-state index is 0.869. The standard InChI is InChI=1S/C6H15N2PS/c1-3-8(4-2)6-5-7-9-10/h3-6H2,1-2H3,(H,7,10). The second-order valence-electron chi connectivity index (χ2n) is 2.03. The molecule has 10 heavy (non-hydrogen) atoms. The smallest absolute Gasteiger partial charge is 0.0585 e. The predicted molar refractivity (Wildman–Crippen MR) is 50.1 cm³/mol. The molecule has 0 heterocycles. The summed E-state index contributed by atoms with van der Waals surface area (Å²) in [7, 11) is 0.869. The first kappa shape index (κ1) is 10.4. The summed E-state index contributed by atoms with van der Waals surface area (Å²) < 4.78 is 0. The van der Waals surface area contributed by atoms with Gasteiger partial charge in [-0.1, -0.05) is 13.8 Å². The van der Waals surface area contributed by atoms with E-state index in [1.54, 1.807) is 0 Å². The minimum Gasteiger partial charge on any atom is -0.303 e. The van der Waals surface area contributed by atoms with Crippen molar-refractivity contribution < 1.29 is 0 Å². The third-order valence-corrected chi connectivity index (χ3v) is 2.24. The molecule has 0 amide bonds. The zero-order valence-corrected chi connectivity index (χ0v) is 8.34. The van der Waals surface area contributed by atoms with E-state index in [0.29, 0.717) is 0 Å². The lowest BCUT2D eigenvalue weighted by atomic mass is 10.5. The molecule has 4 heteroatoms. The van der Waals surface area contributed by atoms with Crippen molar-refractivity contribution in [1.29, 1.82) is 0 Å². The Morgan fingerprint density at radius 1 is 1.40 bits per heavy atom. The SMILES string of the molecule is CCN(CC)CCNP=S. The molecule has 0 aromatic heterocycles. The van der Waals surface area contributed by atoms with Crippen molar-refractivity contribution in [2.24, 2.45) is 0 Å². The van der Waals surface area contributed by atoms with E-state index >= 15 is 0 Å². The normalized spacial score (nSPS) is 11.1. The highest BCUT2D eigenvalue weighted by Crippen LogP contribution is 1.86. The molecule has 60 valence electrons. The third kappa shape index (κ3) is 5.24. The topological polar surface area (TPSA) is 15.3 Å². The second kappa shape index (κ2) is 7.55. The van der Waals surface area contributed by atoms with Gasteiger partial charge in [-0.05, 0) is 24.9 Å². The summed E-state index contributed by atoms with van der Waals surface area (Å²) in [6.07, 6.45) is 0. The van der Waals surface area contributed by atoms with Crippen LogP contribution in [0.3, 0.4) is 0 Å². The van der Waals surface area contributed by atoms with Crippen LogP contribution in [0.2, 0.25) is 0 Å². The van der Waals surface area contributed by atoms with Crippen LogP contribution in [0.5, 0.6) is 0 Å². The predicted octanol–water partition coefficient (Wildman–Crippen LogP) is 1.24. The quantitative estimate of drug-likeness (QED) is 0.486. The molecule has 0 aromatic carbocycles. The number of nitrogens with zero attached hydrogens (tertiary/aromatic N) is 1. The lowest BCUT2D eigenvalue weighted by Gasteiger charge is -2.16. The minimum absolute atomic E-state index is 0.869. The van der Waals surface area contributed by atoms with E-state index in [9.17, 15) is 0 Å². The van der Waals surface area contributed by atoms with Crippen LogP contribution in [-0.2, 0) is 11.8 Å². The van der Waals surface area contributed by atoms with E-state index in [0.717, 1.165) is 33.7 Å². The van der Waals surface area contributed by atoms with E-state index in [-0.39, 0.29) is 0 Å². The Morgan fingerprint density at radius 3 is 2.40 bits per heavy atom. The number of rotatable bonds is 6. The van der Waals surface area contributed by atoms with Gasteiger partial charge in [0.05, 0.1) is 7.51 Å². The highest BCUT2D eigenvalue weighted by Gasteiger charge is 1.95. The van der Waals surface area contributed by atoms with Crippen LogP contribution < -0.4 is 5.09 Å². The summed E-state index contributed by atoms with van der Waals surface area (Å²) in [4.78, 5) is 2.37. The first-order valence-electron chi connectivity index (χ1n) is 3.62. The molecule has 0 saturated heterocycles. The van der Waals surface area contributed by atoms with Crippen molar-refractivity contribution in [2.45, 2.75) is 13.8 Å². The van der Waals surface area contributed by atoms with Gasteiger partial charge in [0.2, 0.25) is 0 Å². The van der Waals surface area contributed by atoms with Crippen molar-refractivity contribution in [1.82, 2.24) is 9.99 Å². The maximum absolute atomic E-state index is 4.72. The van der Waals surface area contributed by atoms with E-state index in [1.165, 1.54) is 0 Å². The first-order chi connectivity index (χ1) is 4.85. The van der Waals surface area contributed by atoms with Gasteiger partial charge < -0.3 is 4.90 Å². The summed E-state index contributed by atoms with van der Waals surface area (Å²) in [6, 6.07) is 0. The zero-order chi connectivity index (χ0) is 7.82. The molecule has 0 unspecified atom stereocenters. The molecule has 0 rings (SSSR count). The summed E-state index contributed by atoms with van der Waals surface area (Å²) in [5, 5.41) is 3.09. The lowest BCUT2D eigenvalue weighted by Crippen LogP contribution is -2.29. The highest BCUT2D eigenvalue weighted by atomic mass is 32.4. The third-order valence-electron chi connectivity index (χ3n) is 1.50. The summed E-state index contributed by atoms with van der Waals surface area (Å²) >= 11 is 4.72. The van der Waals surface area contributed by atoms with Crippen LogP contribution >= 0.6 is 7.51 Å². The molecule has 0 radical (unpaired) electrons. The molecule has 0 aliphatic heterocycles. The molecule has 1 N–H and O–H groups in total. The van der Waals surface area contributed by atoms with Gasteiger partial charge in [-0.15, -0.1) is 0 Å². The van der Waals surface area contributed by atoms with Crippen LogP contribution in [0.4, 0.5) is 0 Å². The van der Waals surface area contributed by atoms with Gasteiger partial charge in [-0.3, -0.25) is 5.09 Å². The zero-order valence-electron chi connectivity index (χ0n) is 6.63. The number of likely N-dealkylation sites (N-methyl/N-ethyl adjacent to an activating group) is 1. The van der Waals surface area contributed by atoms with Crippen molar-refractivity contribution in [3.05, 3.63) is 0 Å². The van der Waals surface area contributed by atoms with Crippen molar-refractivity contribution >= 4 is 19.3 Å². The van der Waals surface area contributed by atoms with Gasteiger partial charge in [0, 0.05) is 13.1 Å². The summed E-state index contributed by atoms with van der Waals surface area (Å²) in [5.74, 6) is 0. The maximum atomic E-state index is 4.72. The fourth-order valence-corrected chi connectivity index (χ4v) is 1.26. The Bertz CT molecular complexity index is 85.8. The van der Waals surface area contributed by atoms with E-state index in [1.807, 2.05) is 0 Å². The second-order valence-corrected chi connectivity index (χ2v) is 3.07. The van der Waals surface area contributed by atoms with E-state index in [2.05, 4.69) is 23.8 Å². The van der Waals surface area contributed by atoms with E-state index < -0.39 is 0 Å². The van der Waals surface area contributed by atoms with Gasteiger partial charge in [-0.25, -0.2) is 0 Å². The number of hydrogen-bond donors (Lipinski definition) is 1. The summed E-state index contributed by atoms with van der Waals surface area (Å²) in [6.45, 7) is 8.73. The molecule has 2 nitrogen and oxygen atoms in total. The van der Waals surface area contributed by atoms with Crippen LogP contribution in [-0.4, -0.2) is 31.1 Å². The lowest BCUT2D eigenvalue weighted by molar-refractivity contribution is 0.310. The molecule has 0 bridgehead atoms. The molecular formula is C6H15N2PS. The first-order valence-corrected chi connectivity index (χ1v) is 5.53. The van der Waals surface area contributed by atoms with Crippen molar-refractivity contribution in [3.63, 3.8) is 0 Å². The van der Waals surface area contributed by atoms with Gasteiger partial charge >= 0.3 is 0 Å². The molecule has 0 saturated carbocycles. The van der Waals surface area contributed by atoms with E-state index in [4.69, 9.17) is 11.8 Å². The summed E-state index contributed by atoms with van der Waals surface area (Å²) in [5.41, 5.74) is 0. The number of hydrogen-bond acceptors (Lipinski definition) is 2. The largest absolute Gasteiger partial charge is 0.303 e. The molecule has 0 atom stereocenters. The van der Waals surface area contributed by atoms with Gasteiger partial charge in [-0.2, -0.15) is 0 Å². The van der Waals surface area contributed by atoms with Crippen molar-refractivity contribution in [3.8, 4) is 0 Å². The number of nitrogens with one attached hydrogen (secondary N) is 1. The molecular weight excluding hydrogens is 163 g/mol. The molecule has 0 spiro atoms. The Hall–Kier alpha value is 0.440. The Balaban J connectivity index is 3.16. The Morgan fingerprint density at radius 2 is 2.00 bits per heavy atom. The maximum Gasteiger partial charge on any atom is 0.0585 e. The van der Waals surface area contributed by atoms with Crippen LogP contribution in [0.1, 0.15) is 13.8 Å². The van der Waals surface area contributed by atoms with Gasteiger partial charge in [0.1, 0.15) is 0 Å². The monoisotopic (exact) mass is 178 g/mol. The fraction of sp³-hybridized carbons (Fsp3) is 1.00. The molecule has 0 aromatic rings. The average Bonchev–Trinajstić information content (AvgIpc) is 1.99. The van der Waals surface area contributed by atoms with Crippen LogP contribution in [0, 0.1) is 0 Å². The highest BCUT2D eigenvalue weighted by molar-refractivity contribution is 7.95. The van der Waals surface area contributed by atoms with Gasteiger partial charge in [0.25, 0.3) is 0 Å². The molecule has 0 aliphatic rings. The van der Waals surface area contributed by atoms with Crippen molar-refractivity contribution in [2.75, 3.05) is 26.2 Å². The molecule has 0 fully saturated rings. The molecule has 0 aliphatic carbocycles. The van der Waals surface area contributed by atoms with Crippen LogP contribution in [0.25, 0.3) is 0 Å². The van der Waals surface area contributed by atoms with Crippen LogP contribution in [0.15, 0.2) is 0 Å². The Kier molecular flexibility index (Phi) is 7.88. The fourth-order valence-electron chi connectivity index (χ4n) is 0.794.